The van der Waals surface area contributed by atoms with E-state index in [4.69, 9.17) is 32.7 Å². The van der Waals surface area contributed by atoms with Gasteiger partial charge in [0, 0.05) is 23.7 Å². The molecule has 2 aromatic carbocycles. The molecule has 7 nitrogen and oxygen atoms in total. The van der Waals surface area contributed by atoms with E-state index in [0.29, 0.717) is 26.4 Å². The Bertz CT molecular complexity index is 1400. The van der Waals surface area contributed by atoms with Gasteiger partial charge < -0.3 is 20.1 Å². The molecule has 0 saturated carbocycles. The van der Waals surface area contributed by atoms with Gasteiger partial charge in [0.15, 0.2) is 0 Å². The number of nitrogens with zero attached hydrogens (tertiary/aromatic N) is 2. The lowest BCUT2D eigenvalue weighted by Crippen LogP contribution is -2.34. The number of hydrogen-bond acceptors (Lipinski definition) is 6. The summed E-state index contributed by atoms with van der Waals surface area (Å²) in [6.07, 6.45) is 3.31. The fourth-order valence-corrected chi connectivity index (χ4v) is 5.79. The molecule has 196 valence electrons. The van der Waals surface area contributed by atoms with Crippen molar-refractivity contribution in [2.45, 2.75) is 39.4 Å². The van der Waals surface area contributed by atoms with Gasteiger partial charge in [-0.3, -0.25) is 9.36 Å². The number of aromatic nitrogens is 2. The monoisotopic (exact) mass is 560 g/mol. The summed E-state index contributed by atoms with van der Waals surface area (Å²) in [5, 5.41) is 7.98. The van der Waals surface area contributed by atoms with Gasteiger partial charge in [0.1, 0.15) is 39.9 Å². The van der Waals surface area contributed by atoms with Gasteiger partial charge in [-0.05, 0) is 57.1 Å². The number of amides is 1. The van der Waals surface area contributed by atoms with Gasteiger partial charge in [-0.2, -0.15) is 0 Å². The summed E-state index contributed by atoms with van der Waals surface area (Å²) in [5.74, 6) is 0.894. The molecule has 0 spiro atoms. The minimum Gasteiger partial charge on any atom is -0.489 e. The maximum atomic E-state index is 12.7. The third-order valence-corrected chi connectivity index (χ3v) is 7.93. The van der Waals surface area contributed by atoms with Gasteiger partial charge in [0.05, 0.1) is 16.1 Å². The van der Waals surface area contributed by atoms with Gasteiger partial charge >= 0.3 is 0 Å². The van der Waals surface area contributed by atoms with Crippen molar-refractivity contribution >= 4 is 51.5 Å². The Morgan fingerprint density at radius 3 is 2.73 bits per heavy atom. The van der Waals surface area contributed by atoms with Crippen LogP contribution in [-0.2, 0) is 0 Å². The summed E-state index contributed by atoms with van der Waals surface area (Å²) in [6.45, 7) is 3.78. The van der Waals surface area contributed by atoms with Crippen LogP contribution in [0.25, 0.3) is 16.0 Å². The highest BCUT2D eigenvalue weighted by molar-refractivity contribution is 7.16. The number of thiophene rings is 1. The molecule has 10 heteroatoms. The van der Waals surface area contributed by atoms with Crippen molar-refractivity contribution < 1.29 is 14.3 Å². The maximum absolute atomic E-state index is 12.7. The Labute approximate surface area is 230 Å². The Hall–Kier alpha value is -2.78. The summed E-state index contributed by atoms with van der Waals surface area (Å²) >= 11 is 14.2. The molecule has 1 aliphatic heterocycles. The zero-order valence-corrected chi connectivity index (χ0v) is 22.2. The van der Waals surface area contributed by atoms with Gasteiger partial charge in [-0.25, -0.2) is 4.98 Å². The maximum Gasteiger partial charge on any atom is 0.264 e. The molecule has 0 bridgehead atoms. The van der Waals surface area contributed by atoms with Crippen LogP contribution in [0.15, 0.2) is 48.8 Å². The SMILES string of the molecule is C.CNC(=O)c1sc(-n2cnc3cc(Cl)ccc32)cc1OC(C)c1cccc(OC2CCNCC2)c1Cl. The highest BCUT2D eigenvalue weighted by Crippen LogP contribution is 2.39. The van der Waals surface area contributed by atoms with Gasteiger partial charge in [-0.15, -0.1) is 11.3 Å². The minimum atomic E-state index is -0.418. The summed E-state index contributed by atoms with van der Waals surface area (Å²) in [6, 6.07) is 13.1. The van der Waals surface area contributed by atoms with E-state index in [-0.39, 0.29) is 19.4 Å². The fraction of sp³-hybridized carbons (Fsp3) is 0.333. The van der Waals surface area contributed by atoms with Crippen molar-refractivity contribution in [1.82, 2.24) is 20.2 Å². The predicted octanol–water partition coefficient (Wildman–Crippen LogP) is 6.66. The number of halogens is 2. The lowest BCUT2D eigenvalue weighted by molar-refractivity contribution is 0.0961. The van der Waals surface area contributed by atoms with E-state index in [9.17, 15) is 4.79 Å². The molecule has 1 amide bonds. The molecule has 1 fully saturated rings. The highest BCUT2D eigenvalue weighted by Gasteiger charge is 2.23. The zero-order valence-electron chi connectivity index (χ0n) is 19.9. The summed E-state index contributed by atoms with van der Waals surface area (Å²) in [7, 11) is 1.60. The quantitative estimate of drug-likeness (QED) is 0.264. The largest absolute Gasteiger partial charge is 0.489 e. The molecule has 0 aliphatic carbocycles. The molecule has 2 N–H and O–H groups in total. The molecule has 1 aliphatic rings. The van der Waals surface area contributed by atoms with Crippen LogP contribution in [0.5, 0.6) is 11.5 Å². The van der Waals surface area contributed by atoms with Crippen LogP contribution in [0, 0.1) is 0 Å². The highest BCUT2D eigenvalue weighted by atomic mass is 35.5. The van der Waals surface area contributed by atoms with Crippen molar-refractivity contribution in [3.8, 4) is 16.5 Å². The smallest absolute Gasteiger partial charge is 0.264 e. The second-order valence-corrected chi connectivity index (χ2v) is 10.4. The number of rotatable bonds is 7. The topological polar surface area (TPSA) is 77.4 Å². The number of carbonyl (C=O) groups is 1. The van der Waals surface area contributed by atoms with Gasteiger partial charge in [0.25, 0.3) is 5.91 Å². The molecule has 4 aromatic rings. The zero-order chi connectivity index (χ0) is 25.2. The fourth-order valence-electron chi connectivity index (χ4n) is 4.28. The number of fused-ring (bicyclic) bond motifs is 1. The van der Waals surface area contributed by atoms with E-state index in [0.717, 1.165) is 47.5 Å². The molecule has 0 radical (unpaired) electrons. The first-order valence-corrected chi connectivity index (χ1v) is 13.3. The molecule has 5 rings (SSSR count). The molecule has 2 aromatic heterocycles. The average molecular weight is 562 g/mol. The number of ether oxygens (including phenoxy) is 2. The van der Waals surface area contributed by atoms with Crippen LogP contribution in [-0.4, -0.2) is 41.7 Å². The molecule has 37 heavy (non-hydrogen) atoms. The van der Waals surface area contributed by atoms with E-state index in [2.05, 4.69) is 15.6 Å². The van der Waals surface area contributed by atoms with Crippen molar-refractivity contribution in [1.29, 1.82) is 0 Å². The van der Waals surface area contributed by atoms with Crippen molar-refractivity contribution in [3.63, 3.8) is 0 Å². The van der Waals surface area contributed by atoms with E-state index in [1.807, 2.05) is 47.9 Å². The Morgan fingerprint density at radius 1 is 1.19 bits per heavy atom. The number of nitrogens with one attached hydrogen (secondary N) is 2. The summed E-state index contributed by atoms with van der Waals surface area (Å²) in [5.41, 5.74) is 2.45. The molecule has 1 atom stereocenters. The number of carbonyl (C=O) groups excluding carboxylic acids is 1. The Balaban J connectivity index is 0.00000320. The van der Waals surface area contributed by atoms with Crippen molar-refractivity contribution in [2.24, 2.45) is 0 Å². The Morgan fingerprint density at radius 2 is 1.97 bits per heavy atom. The van der Waals surface area contributed by atoms with Crippen LogP contribution in [0.4, 0.5) is 0 Å². The first-order chi connectivity index (χ1) is 17.4. The van der Waals surface area contributed by atoms with Crippen molar-refractivity contribution in [3.05, 3.63) is 69.3 Å². The van der Waals surface area contributed by atoms with E-state index >= 15 is 0 Å². The first-order valence-electron chi connectivity index (χ1n) is 11.8. The lowest BCUT2D eigenvalue weighted by atomic mass is 10.1. The van der Waals surface area contributed by atoms with Gasteiger partial charge in [-0.1, -0.05) is 42.8 Å². The Kier molecular flexibility index (Phi) is 8.64. The second-order valence-electron chi connectivity index (χ2n) is 8.59. The van der Waals surface area contributed by atoms with Crippen LogP contribution in [0.3, 0.4) is 0 Å². The number of imidazole rings is 1. The van der Waals surface area contributed by atoms with Crippen LogP contribution >= 0.6 is 34.5 Å². The third-order valence-electron chi connectivity index (χ3n) is 6.18. The van der Waals surface area contributed by atoms with E-state index < -0.39 is 6.10 Å². The molecule has 3 heterocycles. The second kappa shape index (κ2) is 11.7. The molecule has 1 saturated heterocycles. The molecular formula is C27H30Cl2N4O3S. The van der Waals surface area contributed by atoms with Crippen molar-refractivity contribution in [2.75, 3.05) is 20.1 Å². The van der Waals surface area contributed by atoms with Gasteiger partial charge in [0.2, 0.25) is 0 Å². The third kappa shape index (κ3) is 5.72. The van der Waals surface area contributed by atoms with E-state index in [1.54, 1.807) is 19.4 Å². The number of piperidine rings is 1. The minimum absolute atomic E-state index is 0. The van der Waals surface area contributed by atoms with Crippen LogP contribution in [0.1, 0.15) is 48.5 Å². The average Bonchev–Trinajstić information content (AvgIpc) is 3.49. The number of benzene rings is 2. The lowest BCUT2D eigenvalue weighted by Gasteiger charge is -2.25. The van der Waals surface area contributed by atoms with Crippen LogP contribution in [0.2, 0.25) is 10.0 Å². The normalized spacial score (nSPS) is 14.7. The molecule has 1 unspecified atom stereocenters. The molecular weight excluding hydrogens is 531 g/mol. The van der Waals surface area contributed by atoms with E-state index in [1.165, 1.54) is 11.3 Å². The predicted molar refractivity (Wildman–Crippen MR) is 151 cm³/mol. The van der Waals surface area contributed by atoms with Crippen LogP contribution < -0.4 is 20.1 Å². The number of hydrogen-bond donors (Lipinski definition) is 2. The summed E-state index contributed by atoms with van der Waals surface area (Å²) < 4.78 is 14.5. The first kappa shape index (κ1) is 27.3. The standard InChI is InChI=1S/C26H26Cl2N4O3S.CH4/c1-15(18-4-3-5-21(24(18)28)35-17-8-10-30-11-9-17)34-22-13-23(36-25(22)26(33)29-2)32-14-31-19-12-16(27)6-7-20(19)32;/h3-7,12-15,17,30H,8-11H2,1-2H3,(H,29,33);1H4. The summed E-state index contributed by atoms with van der Waals surface area (Å²) in [4.78, 5) is 17.6.